The van der Waals surface area contributed by atoms with Crippen molar-refractivity contribution in [2.75, 3.05) is 49.5 Å². The van der Waals surface area contributed by atoms with Gasteiger partial charge in [0.25, 0.3) is 5.91 Å². The van der Waals surface area contributed by atoms with Crippen LogP contribution in [0.15, 0.2) is 61.3 Å². The molecule has 0 atom stereocenters. The number of hydrogen-bond acceptors (Lipinski definition) is 9. The lowest BCUT2D eigenvalue weighted by Gasteiger charge is -2.25. The molecule has 3 aromatic rings. The van der Waals surface area contributed by atoms with Gasteiger partial charge in [0.15, 0.2) is 0 Å². The van der Waals surface area contributed by atoms with Crippen molar-refractivity contribution in [3.63, 3.8) is 0 Å². The Balaban J connectivity index is 1.90. The van der Waals surface area contributed by atoms with Crippen molar-refractivity contribution in [2.45, 2.75) is 26.2 Å². The molecule has 0 unspecified atom stereocenters. The number of nitrogens with two attached hydrogens (primary N) is 2. The Kier molecular flexibility index (Phi) is 9.24. The van der Waals surface area contributed by atoms with Crippen LogP contribution in [0.4, 0.5) is 17.1 Å². The summed E-state index contributed by atoms with van der Waals surface area (Å²) in [6.07, 6.45) is 6.21. The molecule has 0 fully saturated rings. The minimum atomic E-state index is -0.763. The molecule has 1 heterocycles. The predicted octanol–water partition coefficient (Wildman–Crippen LogP) is 3.47. The maximum atomic E-state index is 13.4. The number of nitrogens with zero attached hydrogens (tertiary/aromatic N) is 6. The van der Waals surface area contributed by atoms with E-state index in [0.717, 1.165) is 29.9 Å². The molecule has 5 N–H and O–H groups in total. The van der Waals surface area contributed by atoms with Crippen molar-refractivity contribution in [1.29, 1.82) is 5.26 Å². The molecule has 204 valence electrons. The Morgan fingerprint density at radius 2 is 1.77 bits per heavy atom. The molecule has 0 aliphatic heterocycles. The summed E-state index contributed by atoms with van der Waals surface area (Å²) >= 11 is 0. The zero-order valence-corrected chi connectivity index (χ0v) is 23.4. The summed E-state index contributed by atoms with van der Waals surface area (Å²) in [4.78, 5) is 25.6. The lowest BCUT2D eigenvalue weighted by Crippen LogP contribution is -2.29. The predicted molar refractivity (Wildman–Crippen MR) is 157 cm³/mol. The number of hydrazine groups is 1. The average molecular weight is 528 g/mol. The van der Waals surface area contributed by atoms with Crippen LogP contribution in [0.25, 0.3) is 5.70 Å². The molecule has 1 aromatic heterocycles. The molecule has 0 saturated heterocycles. The number of nitriles is 1. The average Bonchev–Trinajstić information content (AvgIpc) is 2.92. The van der Waals surface area contributed by atoms with E-state index >= 15 is 0 Å². The van der Waals surface area contributed by atoms with Gasteiger partial charge in [-0.3, -0.25) is 9.80 Å². The van der Waals surface area contributed by atoms with Crippen LogP contribution in [0.3, 0.4) is 0 Å². The number of carbonyl (C=O) groups is 1. The first-order valence-electron chi connectivity index (χ1n) is 12.5. The van der Waals surface area contributed by atoms with Crippen molar-refractivity contribution in [3.05, 3.63) is 83.6 Å². The summed E-state index contributed by atoms with van der Waals surface area (Å²) in [5, 5.41) is 14.1. The van der Waals surface area contributed by atoms with E-state index < -0.39 is 5.41 Å². The lowest BCUT2D eigenvalue weighted by atomic mass is 9.85. The van der Waals surface area contributed by atoms with Crippen molar-refractivity contribution in [1.82, 2.24) is 14.9 Å². The van der Waals surface area contributed by atoms with E-state index in [-0.39, 0.29) is 5.91 Å². The van der Waals surface area contributed by atoms with Crippen LogP contribution < -0.4 is 26.8 Å². The highest BCUT2D eigenvalue weighted by Crippen LogP contribution is 2.29. The topological polar surface area (TPSA) is 140 Å². The number of aryl methyl sites for hydroxylation is 1. The van der Waals surface area contributed by atoms with Crippen LogP contribution in [-0.4, -0.2) is 55.0 Å². The molecule has 0 radical (unpaired) electrons. The van der Waals surface area contributed by atoms with Crippen LogP contribution >= 0.6 is 0 Å². The highest BCUT2D eigenvalue weighted by Gasteiger charge is 2.23. The summed E-state index contributed by atoms with van der Waals surface area (Å²) in [5.74, 6) is 6.03. The molecule has 10 heteroatoms. The van der Waals surface area contributed by atoms with E-state index in [4.69, 9.17) is 11.6 Å². The van der Waals surface area contributed by atoms with E-state index in [0.29, 0.717) is 28.2 Å². The minimum absolute atomic E-state index is 0.289. The number of carbonyl (C=O) groups excluding carboxylic acids is 1. The molecule has 0 aliphatic rings. The van der Waals surface area contributed by atoms with Crippen LogP contribution in [-0.2, 0) is 5.41 Å². The fraction of sp³-hybridized carbons (Fsp3) is 0.310. The molecule has 0 saturated carbocycles. The second kappa shape index (κ2) is 12.4. The fourth-order valence-electron chi connectivity index (χ4n) is 3.78. The smallest absolute Gasteiger partial charge is 0.255 e. The van der Waals surface area contributed by atoms with Crippen LogP contribution in [0.5, 0.6) is 0 Å². The maximum Gasteiger partial charge on any atom is 0.255 e. The lowest BCUT2D eigenvalue weighted by molar-refractivity contribution is 0.102. The molecule has 1 amide bonds. The fourth-order valence-corrected chi connectivity index (χ4v) is 3.78. The van der Waals surface area contributed by atoms with Gasteiger partial charge in [0.2, 0.25) is 0 Å². The monoisotopic (exact) mass is 527 g/mol. The number of amides is 1. The molecule has 0 aliphatic carbocycles. The quantitative estimate of drug-likeness (QED) is 0.267. The van der Waals surface area contributed by atoms with Gasteiger partial charge in [-0.2, -0.15) is 5.26 Å². The van der Waals surface area contributed by atoms with Gasteiger partial charge in [0.05, 0.1) is 22.9 Å². The zero-order valence-electron chi connectivity index (χ0n) is 23.4. The number of anilines is 3. The van der Waals surface area contributed by atoms with Crippen LogP contribution in [0.1, 0.15) is 40.9 Å². The largest absolute Gasteiger partial charge is 0.397 e. The SMILES string of the molecule is Cc1ccc(NC(=O)c2cc(N(C)CCN(C)C)cc(C(C)(C)C#N)c2)cc1N(N)/C=C(\N)c1cncnc1. The van der Waals surface area contributed by atoms with Crippen molar-refractivity contribution in [2.24, 2.45) is 11.6 Å². The van der Waals surface area contributed by atoms with Crippen molar-refractivity contribution < 1.29 is 4.79 Å². The Morgan fingerprint density at radius 3 is 2.41 bits per heavy atom. The van der Waals surface area contributed by atoms with Gasteiger partial charge in [0.1, 0.15) is 6.33 Å². The maximum absolute atomic E-state index is 13.4. The van der Waals surface area contributed by atoms with Gasteiger partial charge < -0.3 is 20.9 Å². The standard InChI is InChI=1S/C29H37N9O/c1-20-7-8-24(14-27(20)38(32)17-26(31)22-15-33-19-34-16-22)35-28(39)21-11-23(29(2,3)18-30)13-25(12-21)37(6)10-9-36(4)5/h7-8,11-17,19H,9-10,31-32H2,1-6H3,(H,35,39)/b26-17-. The van der Waals surface area contributed by atoms with E-state index in [1.165, 1.54) is 11.3 Å². The van der Waals surface area contributed by atoms with Gasteiger partial charge >= 0.3 is 0 Å². The zero-order chi connectivity index (χ0) is 28.7. The molecule has 3 rings (SSSR count). The number of aromatic nitrogens is 2. The van der Waals surface area contributed by atoms with Gasteiger partial charge in [-0.05, 0) is 76.3 Å². The van der Waals surface area contributed by atoms with Gasteiger partial charge in [-0.25, -0.2) is 15.8 Å². The second-order valence-electron chi connectivity index (χ2n) is 10.3. The van der Waals surface area contributed by atoms with E-state index in [9.17, 15) is 10.1 Å². The summed E-state index contributed by atoms with van der Waals surface area (Å²) in [6, 6.07) is 13.4. The summed E-state index contributed by atoms with van der Waals surface area (Å²) in [6.45, 7) is 7.22. The number of nitrogens with one attached hydrogen (secondary N) is 1. The molecular formula is C29H37N9O. The van der Waals surface area contributed by atoms with Crippen molar-refractivity contribution in [3.8, 4) is 6.07 Å². The van der Waals surface area contributed by atoms with Crippen LogP contribution in [0, 0.1) is 18.3 Å². The number of likely N-dealkylation sites (N-methyl/N-ethyl adjacent to an activating group) is 2. The summed E-state index contributed by atoms with van der Waals surface area (Å²) in [5.41, 5.74) is 10.7. The Bertz CT molecular complexity index is 1380. The Hall–Kier alpha value is -4.46. The minimum Gasteiger partial charge on any atom is -0.397 e. The molecule has 0 bridgehead atoms. The molecule has 39 heavy (non-hydrogen) atoms. The van der Waals surface area contributed by atoms with Gasteiger partial charge in [0, 0.05) is 61.2 Å². The number of rotatable bonds is 10. The van der Waals surface area contributed by atoms with Crippen LogP contribution in [0.2, 0.25) is 0 Å². The number of benzene rings is 2. The third kappa shape index (κ3) is 7.54. The second-order valence-corrected chi connectivity index (χ2v) is 10.3. The number of hydrogen-bond donors (Lipinski definition) is 3. The highest BCUT2D eigenvalue weighted by atomic mass is 16.1. The van der Waals surface area contributed by atoms with E-state index in [2.05, 4.69) is 31.2 Å². The first-order valence-corrected chi connectivity index (χ1v) is 12.5. The third-order valence-electron chi connectivity index (χ3n) is 6.42. The third-order valence-corrected chi connectivity index (χ3v) is 6.42. The summed E-state index contributed by atoms with van der Waals surface area (Å²) in [7, 11) is 6.01. The summed E-state index contributed by atoms with van der Waals surface area (Å²) < 4.78 is 0. The van der Waals surface area contributed by atoms with E-state index in [1.54, 1.807) is 30.7 Å². The Morgan fingerprint density at radius 1 is 1.08 bits per heavy atom. The molecule has 0 spiro atoms. The van der Waals surface area contributed by atoms with Gasteiger partial charge in [-0.1, -0.05) is 6.07 Å². The van der Waals surface area contributed by atoms with Crippen molar-refractivity contribution >= 4 is 28.7 Å². The molecular weight excluding hydrogens is 490 g/mol. The molecule has 2 aromatic carbocycles. The van der Waals surface area contributed by atoms with Gasteiger partial charge in [-0.15, -0.1) is 0 Å². The first kappa shape index (κ1) is 29.1. The normalized spacial score (nSPS) is 11.7. The first-order chi connectivity index (χ1) is 18.4. The van der Waals surface area contributed by atoms with E-state index in [1.807, 2.05) is 66.2 Å². The Labute approximate surface area is 230 Å². The molecule has 10 nitrogen and oxygen atoms in total. The highest BCUT2D eigenvalue weighted by molar-refractivity contribution is 6.05.